The Hall–Kier alpha value is -2.80. The first kappa shape index (κ1) is 18.0. The molecule has 0 atom stereocenters. The minimum Gasteiger partial charge on any atom is -0.507 e. The first-order valence-electron chi connectivity index (χ1n) is 8.33. The molecule has 3 heterocycles. The number of cyclic esters (lactones) is 1. The number of nitrogens with one attached hydrogen (secondary N) is 2. The summed E-state index contributed by atoms with van der Waals surface area (Å²) in [6, 6.07) is 6.46. The van der Waals surface area contributed by atoms with Crippen LogP contribution in [0.4, 0.5) is 10.6 Å². The smallest absolute Gasteiger partial charge is 0.413 e. The van der Waals surface area contributed by atoms with Gasteiger partial charge in [-0.3, -0.25) is 5.32 Å². The van der Waals surface area contributed by atoms with E-state index in [9.17, 15) is 15.0 Å². The number of carbonyl (C=O) groups excluding carboxylic acids is 1. The van der Waals surface area contributed by atoms with E-state index in [1.165, 1.54) is 12.1 Å². The zero-order valence-corrected chi connectivity index (χ0v) is 13.6. The predicted molar refractivity (Wildman–Crippen MR) is 98.4 cm³/mol. The minimum absolute atomic E-state index is 0. The van der Waals surface area contributed by atoms with Crippen molar-refractivity contribution in [2.45, 2.75) is 32.8 Å². The maximum atomic E-state index is 11.6. The number of aromatic nitrogens is 1. The molecule has 2 aromatic rings. The second kappa shape index (κ2) is 7.21. The number of pyridine rings is 1. The van der Waals surface area contributed by atoms with E-state index >= 15 is 0 Å². The Morgan fingerprint density at radius 1 is 1.15 bits per heavy atom. The zero-order chi connectivity index (χ0) is 17.4. The van der Waals surface area contributed by atoms with Gasteiger partial charge in [0.05, 0.1) is 11.3 Å². The molecule has 0 unspecified atom stereocenters. The molecule has 7 heteroatoms. The van der Waals surface area contributed by atoms with Gasteiger partial charge in [-0.05, 0) is 55.6 Å². The van der Waals surface area contributed by atoms with Crippen LogP contribution in [0.3, 0.4) is 0 Å². The Bertz CT molecular complexity index is 812. The second-order valence-corrected chi connectivity index (χ2v) is 6.32. The van der Waals surface area contributed by atoms with Gasteiger partial charge in [-0.25, -0.2) is 9.78 Å². The normalized spacial score (nSPS) is 16.8. The van der Waals surface area contributed by atoms with Gasteiger partial charge in [-0.1, -0.05) is 13.5 Å². The number of anilines is 1. The molecule has 2 aliphatic rings. The highest BCUT2D eigenvalue weighted by Gasteiger charge is 2.27. The second-order valence-electron chi connectivity index (χ2n) is 6.32. The zero-order valence-electron chi connectivity index (χ0n) is 13.6. The van der Waals surface area contributed by atoms with Gasteiger partial charge in [0.15, 0.2) is 0 Å². The van der Waals surface area contributed by atoms with Crippen LogP contribution in [-0.4, -0.2) is 34.4 Å². The monoisotopic (exact) mass is 357 g/mol. The van der Waals surface area contributed by atoms with Crippen molar-refractivity contribution in [3.63, 3.8) is 0 Å². The van der Waals surface area contributed by atoms with E-state index in [1.807, 2.05) is 6.07 Å². The van der Waals surface area contributed by atoms with Crippen LogP contribution in [0.2, 0.25) is 0 Å². The highest BCUT2D eigenvalue weighted by molar-refractivity contribution is 5.88. The molecule has 0 aliphatic carbocycles. The number of aromatic hydroxyl groups is 2. The van der Waals surface area contributed by atoms with E-state index in [-0.39, 0.29) is 31.1 Å². The van der Waals surface area contributed by atoms with Crippen molar-refractivity contribution in [3.05, 3.63) is 35.4 Å². The number of fused-ring (bicyclic) bond motifs is 1. The molecule has 4 rings (SSSR count). The van der Waals surface area contributed by atoms with E-state index in [2.05, 4.69) is 15.6 Å². The molecule has 4 N–H and O–H groups in total. The number of rotatable bonds is 2. The third kappa shape index (κ3) is 3.17. The van der Waals surface area contributed by atoms with Crippen molar-refractivity contribution in [1.29, 1.82) is 0 Å². The first-order chi connectivity index (χ1) is 12.1. The van der Waals surface area contributed by atoms with Crippen molar-refractivity contribution in [2.24, 2.45) is 0 Å². The van der Waals surface area contributed by atoms with Gasteiger partial charge in [-0.15, -0.1) is 0 Å². The molecule has 1 saturated heterocycles. The average Bonchev–Trinajstić information content (AvgIpc) is 2.61. The van der Waals surface area contributed by atoms with Gasteiger partial charge < -0.3 is 20.3 Å². The molecular weight excluding hydrogens is 334 g/mol. The Labute approximate surface area is 152 Å². The van der Waals surface area contributed by atoms with Gasteiger partial charge in [0.2, 0.25) is 0 Å². The molecule has 1 aromatic carbocycles. The first-order valence-corrected chi connectivity index (χ1v) is 8.33. The molecule has 0 spiro atoms. The number of phenolic OH excluding ortho intramolecular Hbond substituents is 2. The molecule has 7 nitrogen and oxygen atoms in total. The van der Waals surface area contributed by atoms with Crippen LogP contribution in [0.5, 0.6) is 11.5 Å². The van der Waals surface area contributed by atoms with Gasteiger partial charge in [-0.2, -0.15) is 0 Å². The number of nitrogens with zero attached hydrogens (tertiary/aromatic N) is 1. The third-order valence-corrected chi connectivity index (χ3v) is 4.78. The summed E-state index contributed by atoms with van der Waals surface area (Å²) < 4.78 is 5.12. The van der Waals surface area contributed by atoms with Crippen molar-refractivity contribution in [1.82, 2.24) is 10.3 Å². The Morgan fingerprint density at radius 3 is 2.54 bits per heavy atom. The number of ether oxygens (including phenoxy) is 1. The van der Waals surface area contributed by atoms with Crippen molar-refractivity contribution in [3.8, 4) is 22.8 Å². The standard InChI is InChI=1S/C18H19N3O4.CH4/c22-14-2-1-3-15(23)16(14)13-8-11(10-4-6-19-7-5-10)12-9-25-18(24)21-17(12)20-13;/h1-3,8,10,19,22-23H,4-7,9H2,(H,20,21,24);1H4. The molecule has 2 aliphatic heterocycles. The Kier molecular flexibility index (Phi) is 4.99. The lowest BCUT2D eigenvalue weighted by Gasteiger charge is -2.28. The third-order valence-electron chi connectivity index (χ3n) is 4.78. The summed E-state index contributed by atoms with van der Waals surface area (Å²) in [5, 5.41) is 26.3. The van der Waals surface area contributed by atoms with Gasteiger partial charge in [0, 0.05) is 5.56 Å². The van der Waals surface area contributed by atoms with E-state index in [0.29, 0.717) is 17.4 Å². The molecule has 0 radical (unpaired) electrons. The summed E-state index contributed by atoms with van der Waals surface area (Å²) in [4.78, 5) is 16.1. The highest BCUT2D eigenvalue weighted by atomic mass is 16.5. The Morgan fingerprint density at radius 2 is 1.85 bits per heavy atom. The summed E-state index contributed by atoms with van der Waals surface area (Å²) in [5.41, 5.74) is 2.61. The maximum Gasteiger partial charge on any atom is 0.413 e. The van der Waals surface area contributed by atoms with E-state index in [4.69, 9.17) is 4.74 Å². The number of carbonyl (C=O) groups is 1. The summed E-state index contributed by atoms with van der Waals surface area (Å²) >= 11 is 0. The number of benzene rings is 1. The number of piperidine rings is 1. The van der Waals surface area contributed by atoms with Crippen LogP contribution in [0.15, 0.2) is 24.3 Å². The number of hydrogen-bond acceptors (Lipinski definition) is 6. The lowest BCUT2D eigenvalue weighted by atomic mass is 9.86. The summed E-state index contributed by atoms with van der Waals surface area (Å²) in [7, 11) is 0. The molecule has 0 saturated carbocycles. The number of amides is 1. The molecular formula is C19H23N3O4. The van der Waals surface area contributed by atoms with Crippen LogP contribution < -0.4 is 10.6 Å². The van der Waals surface area contributed by atoms with Crippen molar-refractivity contribution < 1.29 is 19.7 Å². The largest absolute Gasteiger partial charge is 0.507 e. The topological polar surface area (TPSA) is 104 Å². The van der Waals surface area contributed by atoms with Gasteiger partial charge in [0.1, 0.15) is 23.9 Å². The van der Waals surface area contributed by atoms with Crippen LogP contribution in [0.25, 0.3) is 11.3 Å². The fourth-order valence-corrected chi connectivity index (χ4v) is 3.53. The fourth-order valence-electron chi connectivity index (χ4n) is 3.53. The van der Waals surface area contributed by atoms with E-state index in [1.54, 1.807) is 6.07 Å². The fraction of sp³-hybridized carbons (Fsp3) is 0.368. The van der Waals surface area contributed by atoms with Crippen molar-refractivity contribution in [2.75, 3.05) is 18.4 Å². The quantitative estimate of drug-likeness (QED) is 0.657. The number of phenols is 2. The lowest BCUT2D eigenvalue weighted by molar-refractivity contribution is 0.150. The predicted octanol–water partition coefficient (Wildman–Crippen LogP) is 3.33. The van der Waals surface area contributed by atoms with Crippen molar-refractivity contribution >= 4 is 11.9 Å². The summed E-state index contributed by atoms with van der Waals surface area (Å²) in [5.74, 6) is 0.637. The molecule has 1 amide bonds. The van der Waals surface area contributed by atoms with Crippen LogP contribution >= 0.6 is 0 Å². The van der Waals surface area contributed by atoms with Crippen LogP contribution in [0.1, 0.15) is 37.3 Å². The van der Waals surface area contributed by atoms with Crippen LogP contribution in [-0.2, 0) is 11.3 Å². The molecule has 0 bridgehead atoms. The Balaban J connectivity index is 0.00000196. The van der Waals surface area contributed by atoms with Gasteiger partial charge in [0.25, 0.3) is 0 Å². The molecule has 1 aromatic heterocycles. The van der Waals surface area contributed by atoms with E-state index < -0.39 is 6.09 Å². The summed E-state index contributed by atoms with van der Waals surface area (Å²) in [6.45, 7) is 2.03. The average molecular weight is 357 g/mol. The molecule has 1 fully saturated rings. The lowest BCUT2D eigenvalue weighted by Crippen LogP contribution is -2.29. The van der Waals surface area contributed by atoms with E-state index in [0.717, 1.165) is 37.1 Å². The summed E-state index contributed by atoms with van der Waals surface area (Å²) in [6.07, 6.45) is 1.39. The molecule has 26 heavy (non-hydrogen) atoms. The molecule has 138 valence electrons. The number of hydrogen-bond donors (Lipinski definition) is 4. The highest BCUT2D eigenvalue weighted by Crippen LogP contribution is 2.41. The SMILES string of the molecule is C.O=C1Nc2nc(-c3c(O)cccc3O)cc(C3CCNCC3)c2CO1. The van der Waals surface area contributed by atoms with Gasteiger partial charge >= 0.3 is 6.09 Å². The maximum absolute atomic E-state index is 11.6. The minimum atomic E-state index is -0.546. The van der Waals surface area contributed by atoms with Crippen LogP contribution in [0, 0.1) is 0 Å².